The molecule has 0 saturated carbocycles. The highest BCUT2D eigenvalue weighted by molar-refractivity contribution is 5.91. The number of ether oxygens (including phenoxy) is 2. The third-order valence-corrected chi connectivity index (χ3v) is 4.75. The van der Waals surface area contributed by atoms with Crippen molar-refractivity contribution in [2.45, 2.75) is 18.7 Å². The Hall–Kier alpha value is -1.67. The summed E-state index contributed by atoms with van der Waals surface area (Å²) in [5, 5.41) is 19.7. The second kappa shape index (κ2) is 7.48. The lowest BCUT2D eigenvalue weighted by atomic mass is 10.1. The lowest BCUT2D eigenvalue weighted by Gasteiger charge is -2.33. The smallest absolute Gasteiger partial charge is 0.339 e. The third kappa shape index (κ3) is 3.70. The van der Waals surface area contributed by atoms with Gasteiger partial charge in [-0.25, -0.2) is 4.79 Å². The van der Waals surface area contributed by atoms with Crippen LogP contribution in [-0.4, -0.2) is 84.6 Å². The van der Waals surface area contributed by atoms with Crippen molar-refractivity contribution in [3.05, 3.63) is 29.3 Å². The van der Waals surface area contributed by atoms with Crippen molar-refractivity contribution in [3.8, 4) is 5.75 Å². The van der Waals surface area contributed by atoms with E-state index in [-0.39, 0.29) is 17.7 Å². The second-order valence-electron chi connectivity index (χ2n) is 6.32. The van der Waals surface area contributed by atoms with Gasteiger partial charge in [0.15, 0.2) is 0 Å². The highest BCUT2D eigenvalue weighted by Crippen LogP contribution is 2.23. The Bertz CT molecular complexity index is 588. The van der Waals surface area contributed by atoms with Gasteiger partial charge in [0, 0.05) is 38.8 Å². The number of methoxy groups -OCH3 is 1. The molecule has 0 spiro atoms. The average molecular weight is 336 g/mol. The molecule has 0 radical (unpaired) electrons. The van der Waals surface area contributed by atoms with Crippen LogP contribution in [0.2, 0.25) is 0 Å². The minimum Gasteiger partial charge on any atom is -0.496 e. The lowest BCUT2D eigenvalue weighted by Crippen LogP contribution is -2.48. The number of rotatable bonds is 5. The van der Waals surface area contributed by atoms with Gasteiger partial charge >= 0.3 is 5.97 Å². The van der Waals surface area contributed by atoms with Crippen molar-refractivity contribution in [3.63, 3.8) is 0 Å². The van der Waals surface area contributed by atoms with Gasteiger partial charge in [-0.2, -0.15) is 0 Å². The Morgan fingerprint density at radius 2 is 2.08 bits per heavy atom. The van der Waals surface area contributed by atoms with Crippen molar-refractivity contribution in [1.29, 1.82) is 0 Å². The Morgan fingerprint density at radius 3 is 2.75 bits per heavy atom. The number of benzene rings is 1. The van der Waals surface area contributed by atoms with Crippen LogP contribution < -0.4 is 4.74 Å². The Balaban J connectivity index is 1.66. The number of carbonyl (C=O) groups is 1. The number of aliphatic hydroxyl groups excluding tert-OH is 1. The predicted molar refractivity (Wildman–Crippen MR) is 87.4 cm³/mol. The molecule has 3 rings (SSSR count). The molecule has 2 N–H and O–H groups in total. The van der Waals surface area contributed by atoms with Crippen LogP contribution in [0.15, 0.2) is 18.2 Å². The summed E-state index contributed by atoms with van der Waals surface area (Å²) in [5.41, 5.74) is 1.07. The molecule has 2 heterocycles. The molecule has 7 heteroatoms. The van der Waals surface area contributed by atoms with E-state index in [1.807, 2.05) is 6.07 Å². The largest absolute Gasteiger partial charge is 0.496 e. The zero-order chi connectivity index (χ0) is 17.1. The predicted octanol–water partition coefficient (Wildman–Crippen LogP) is 0.271. The van der Waals surface area contributed by atoms with Crippen LogP contribution in [0.1, 0.15) is 15.9 Å². The molecule has 0 aliphatic carbocycles. The van der Waals surface area contributed by atoms with Crippen molar-refractivity contribution in [2.24, 2.45) is 0 Å². The van der Waals surface area contributed by atoms with Gasteiger partial charge in [0.05, 0.1) is 26.4 Å². The van der Waals surface area contributed by atoms with Crippen molar-refractivity contribution < 1.29 is 24.5 Å². The van der Waals surface area contributed by atoms with Crippen LogP contribution in [0, 0.1) is 0 Å². The minimum absolute atomic E-state index is 0.117. The lowest BCUT2D eigenvalue weighted by molar-refractivity contribution is -0.00618. The summed E-state index contributed by atoms with van der Waals surface area (Å²) in [7, 11) is 1.46. The van der Waals surface area contributed by atoms with E-state index in [0.717, 1.165) is 25.2 Å². The third-order valence-electron chi connectivity index (χ3n) is 4.75. The normalized spacial score (nSPS) is 25.8. The molecule has 2 saturated heterocycles. The first-order valence-electron chi connectivity index (χ1n) is 8.21. The van der Waals surface area contributed by atoms with Crippen LogP contribution in [0.5, 0.6) is 5.75 Å². The molecule has 0 amide bonds. The van der Waals surface area contributed by atoms with E-state index in [2.05, 4.69) is 9.80 Å². The van der Waals surface area contributed by atoms with Gasteiger partial charge in [-0.3, -0.25) is 9.80 Å². The van der Waals surface area contributed by atoms with Gasteiger partial charge in [0.2, 0.25) is 0 Å². The number of likely N-dealkylation sites (tertiary alicyclic amines) is 1. The number of β-amino-alcohol motifs (C(OH)–C–C–N with tert-alkyl or cyclic N) is 1. The maximum absolute atomic E-state index is 11.3. The molecule has 2 aliphatic rings. The van der Waals surface area contributed by atoms with E-state index in [0.29, 0.717) is 32.1 Å². The number of morpholine rings is 1. The van der Waals surface area contributed by atoms with Crippen LogP contribution in [0.4, 0.5) is 0 Å². The van der Waals surface area contributed by atoms with E-state index in [1.165, 1.54) is 7.11 Å². The molecule has 1 aromatic carbocycles. The fourth-order valence-corrected chi connectivity index (χ4v) is 3.52. The summed E-state index contributed by atoms with van der Waals surface area (Å²) in [6.07, 6.45) is -0.389. The first-order chi connectivity index (χ1) is 11.6. The van der Waals surface area contributed by atoms with Gasteiger partial charge in [0.25, 0.3) is 0 Å². The van der Waals surface area contributed by atoms with Gasteiger partial charge in [0.1, 0.15) is 11.3 Å². The van der Waals surface area contributed by atoms with Crippen molar-refractivity contribution in [2.75, 3.05) is 46.5 Å². The fraction of sp³-hybridized carbons (Fsp3) is 0.588. The summed E-state index contributed by atoms with van der Waals surface area (Å²) in [6, 6.07) is 5.33. The van der Waals surface area contributed by atoms with E-state index < -0.39 is 5.97 Å². The highest BCUT2D eigenvalue weighted by atomic mass is 16.5. The Labute approximate surface area is 141 Å². The number of hydrogen-bond acceptors (Lipinski definition) is 6. The minimum atomic E-state index is -0.999. The summed E-state index contributed by atoms with van der Waals surface area (Å²) in [6.45, 7) is 5.10. The van der Waals surface area contributed by atoms with Crippen LogP contribution in [0.3, 0.4) is 0 Å². The first-order valence-corrected chi connectivity index (χ1v) is 8.21. The molecule has 0 aromatic heterocycles. The molecule has 132 valence electrons. The Kier molecular flexibility index (Phi) is 5.35. The van der Waals surface area contributed by atoms with Gasteiger partial charge in [-0.05, 0) is 17.7 Å². The van der Waals surface area contributed by atoms with E-state index in [4.69, 9.17) is 9.47 Å². The number of nitrogens with zero attached hydrogens (tertiary/aromatic N) is 2. The standard InChI is InChI=1S/C17H24N2O5/c1-23-16-3-2-12(8-13(16)17(21)22)9-18-10-14(15(20)11-18)19-4-6-24-7-5-19/h2-3,8,14-15,20H,4-7,9-11H2,1H3,(H,21,22)/t14-,15-/m1/s1. The average Bonchev–Trinajstić information content (AvgIpc) is 2.96. The molecule has 7 nitrogen and oxygen atoms in total. The zero-order valence-electron chi connectivity index (χ0n) is 13.9. The summed E-state index contributed by atoms with van der Waals surface area (Å²) < 4.78 is 10.5. The van der Waals surface area contributed by atoms with Gasteiger partial charge in [-0.1, -0.05) is 6.07 Å². The van der Waals surface area contributed by atoms with Gasteiger partial charge in [-0.15, -0.1) is 0 Å². The van der Waals surface area contributed by atoms with E-state index in [1.54, 1.807) is 12.1 Å². The molecular weight excluding hydrogens is 312 g/mol. The molecule has 2 atom stereocenters. The number of aliphatic hydroxyl groups is 1. The topological polar surface area (TPSA) is 82.5 Å². The first kappa shape index (κ1) is 17.2. The molecule has 2 fully saturated rings. The molecule has 1 aromatic rings. The molecule has 0 unspecified atom stereocenters. The molecule has 2 aliphatic heterocycles. The molecular formula is C17H24N2O5. The van der Waals surface area contributed by atoms with Crippen LogP contribution in [-0.2, 0) is 11.3 Å². The van der Waals surface area contributed by atoms with Crippen molar-refractivity contribution >= 4 is 5.97 Å². The SMILES string of the molecule is COc1ccc(CN2C[C@@H](O)[C@H](N3CCOCC3)C2)cc1C(=O)O. The quantitative estimate of drug-likeness (QED) is 0.799. The second-order valence-corrected chi connectivity index (χ2v) is 6.32. The maximum Gasteiger partial charge on any atom is 0.339 e. The number of aromatic carboxylic acids is 1. The van der Waals surface area contributed by atoms with Crippen LogP contribution >= 0.6 is 0 Å². The number of carboxylic acids is 1. The number of hydrogen-bond donors (Lipinski definition) is 2. The van der Waals surface area contributed by atoms with Crippen LogP contribution in [0.25, 0.3) is 0 Å². The zero-order valence-corrected chi connectivity index (χ0v) is 13.9. The molecule has 0 bridgehead atoms. The van der Waals surface area contributed by atoms with E-state index >= 15 is 0 Å². The number of carboxylic acid groups (broad SMARTS) is 1. The summed E-state index contributed by atoms with van der Waals surface area (Å²) in [5.74, 6) is -0.639. The fourth-order valence-electron chi connectivity index (χ4n) is 3.52. The van der Waals surface area contributed by atoms with Crippen molar-refractivity contribution in [1.82, 2.24) is 9.80 Å². The summed E-state index contributed by atoms with van der Waals surface area (Å²) in [4.78, 5) is 15.8. The molecule has 24 heavy (non-hydrogen) atoms. The highest BCUT2D eigenvalue weighted by Gasteiger charge is 2.36. The van der Waals surface area contributed by atoms with Gasteiger partial charge < -0.3 is 19.7 Å². The maximum atomic E-state index is 11.3. The Morgan fingerprint density at radius 1 is 1.33 bits per heavy atom. The summed E-state index contributed by atoms with van der Waals surface area (Å²) >= 11 is 0. The monoisotopic (exact) mass is 336 g/mol. The van der Waals surface area contributed by atoms with E-state index in [9.17, 15) is 15.0 Å².